The Morgan fingerprint density at radius 2 is 2.25 bits per heavy atom. The molecule has 1 heterocycles. The van der Waals surface area contributed by atoms with Gasteiger partial charge in [0.2, 0.25) is 0 Å². The van der Waals surface area contributed by atoms with E-state index in [1.165, 1.54) is 7.11 Å². The van der Waals surface area contributed by atoms with Gasteiger partial charge in [-0.25, -0.2) is 4.79 Å². The van der Waals surface area contributed by atoms with Crippen LogP contribution < -0.4 is 0 Å². The molecule has 0 aromatic carbocycles. The number of carbonyl (C=O) groups is 1. The monoisotopic (exact) mass is 285 g/mol. The lowest BCUT2D eigenvalue weighted by Gasteiger charge is -2.23. The fraction of sp³-hybridized carbons (Fsp3) is 0.857. The highest BCUT2D eigenvalue weighted by Gasteiger charge is 2.36. The Balaban J connectivity index is 2.60. The van der Waals surface area contributed by atoms with Crippen molar-refractivity contribution in [3.63, 3.8) is 0 Å². The van der Waals surface area contributed by atoms with Crippen LogP contribution in [0.15, 0.2) is 0 Å². The fourth-order valence-electron chi connectivity index (χ4n) is 1.31. The first kappa shape index (κ1) is 10.0. The van der Waals surface area contributed by atoms with Gasteiger partial charge in [-0.1, -0.05) is 22.6 Å². The molecule has 1 aliphatic heterocycles. The Morgan fingerprint density at radius 3 is 2.75 bits per heavy atom. The molecule has 0 saturated carbocycles. The van der Waals surface area contributed by atoms with Crippen molar-refractivity contribution in [2.75, 3.05) is 20.8 Å². The van der Waals surface area contributed by atoms with Crippen LogP contribution in [0.4, 0.5) is 4.79 Å². The number of hydrogen-bond donors (Lipinski definition) is 0. The lowest BCUT2D eigenvalue weighted by Crippen LogP contribution is -2.39. The first-order valence-electron chi connectivity index (χ1n) is 3.72. The van der Waals surface area contributed by atoms with Crippen molar-refractivity contribution in [1.82, 2.24) is 4.90 Å². The van der Waals surface area contributed by atoms with Gasteiger partial charge < -0.3 is 9.47 Å². The normalized spacial score (nSPS) is 29.1. The summed E-state index contributed by atoms with van der Waals surface area (Å²) in [6.45, 7) is 0.721. The highest BCUT2D eigenvalue weighted by Crippen LogP contribution is 2.25. The van der Waals surface area contributed by atoms with Crippen LogP contribution in [0.3, 0.4) is 0 Å². The molecule has 0 spiro atoms. The molecule has 1 rings (SSSR count). The van der Waals surface area contributed by atoms with E-state index in [2.05, 4.69) is 27.3 Å². The van der Waals surface area contributed by atoms with Crippen molar-refractivity contribution in [3.05, 3.63) is 0 Å². The van der Waals surface area contributed by atoms with Crippen molar-refractivity contribution in [2.45, 2.75) is 16.6 Å². The summed E-state index contributed by atoms with van der Waals surface area (Å²) in [6.07, 6.45) is 0.535. The minimum absolute atomic E-state index is 0.127. The molecule has 70 valence electrons. The van der Waals surface area contributed by atoms with E-state index in [9.17, 15) is 4.79 Å². The van der Waals surface area contributed by atoms with Crippen molar-refractivity contribution < 1.29 is 14.3 Å². The summed E-state index contributed by atoms with van der Waals surface area (Å²) in [5.74, 6) is 0. The second kappa shape index (κ2) is 4.27. The molecule has 4 nitrogen and oxygen atoms in total. The van der Waals surface area contributed by atoms with Crippen LogP contribution in [0.25, 0.3) is 0 Å². The Morgan fingerprint density at radius 1 is 1.58 bits per heavy atom. The van der Waals surface area contributed by atoms with Crippen LogP contribution in [-0.2, 0) is 9.47 Å². The van der Waals surface area contributed by atoms with Crippen molar-refractivity contribution in [1.29, 1.82) is 0 Å². The van der Waals surface area contributed by atoms with E-state index >= 15 is 0 Å². The average molecular weight is 285 g/mol. The first-order valence-corrected chi connectivity index (χ1v) is 4.96. The minimum atomic E-state index is -0.305. The largest absolute Gasteiger partial charge is 0.453 e. The van der Waals surface area contributed by atoms with Crippen molar-refractivity contribution in [3.8, 4) is 0 Å². The number of ether oxygens (including phenoxy) is 2. The second-order valence-electron chi connectivity index (χ2n) is 2.59. The predicted octanol–water partition coefficient (Wildman–Crippen LogP) is 1.23. The minimum Gasteiger partial charge on any atom is -0.453 e. The smallest absolute Gasteiger partial charge is 0.411 e. The van der Waals surface area contributed by atoms with E-state index in [4.69, 9.17) is 4.74 Å². The summed E-state index contributed by atoms with van der Waals surface area (Å²) in [7, 11) is 2.99. The van der Waals surface area contributed by atoms with Crippen molar-refractivity contribution in [2.24, 2.45) is 0 Å². The highest BCUT2D eigenvalue weighted by molar-refractivity contribution is 14.1. The molecule has 12 heavy (non-hydrogen) atoms. The summed E-state index contributed by atoms with van der Waals surface area (Å²) >= 11 is 2.28. The molecule has 1 fully saturated rings. The number of nitrogens with zero attached hydrogens (tertiary/aromatic N) is 1. The van der Waals surface area contributed by atoms with E-state index in [1.807, 2.05) is 0 Å². The topological polar surface area (TPSA) is 38.8 Å². The standard InChI is InChI=1S/C7H12INO3/c1-11-6-5(8)3-4-9(6)7(10)12-2/h5-6H,3-4H2,1-2H3. The molecule has 2 atom stereocenters. The molecule has 1 saturated heterocycles. The lowest BCUT2D eigenvalue weighted by molar-refractivity contribution is 0.00387. The number of rotatable bonds is 1. The number of likely N-dealkylation sites (tertiary alicyclic amines) is 1. The van der Waals surface area contributed by atoms with Gasteiger partial charge >= 0.3 is 6.09 Å². The third-order valence-corrected chi connectivity index (χ3v) is 3.15. The maximum absolute atomic E-state index is 11.1. The van der Waals surface area contributed by atoms with Gasteiger partial charge in [-0.3, -0.25) is 4.90 Å². The third kappa shape index (κ3) is 1.82. The van der Waals surface area contributed by atoms with Gasteiger partial charge in [0.1, 0.15) is 6.23 Å². The number of methoxy groups -OCH3 is 2. The molecule has 0 N–H and O–H groups in total. The maximum Gasteiger partial charge on any atom is 0.411 e. The lowest BCUT2D eigenvalue weighted by atomic mass is 10.4. The van der Waals surface area contributed by atoms with E-state index in [1.54, 1.807) is 12.0 Å². The molecular formula is C7H12INO3. The van der Waals surface area contributed by atoms with Crippen LogP contribution in [-0.4, -0.2) is 41.9 Å². The van der Waals surface area contributed by atoms with E-state index in [0.29, 0.717) is 3.92 Å². The van der Waals surface area contributed by atoms with Gasteiger partial charge in [-0.15, -0.1) is 0 Å². The summed E-state index contributed by atoms with van der Waals surface area (Å²) in [4.78, 5) is 12.8. The number of halogens is 1. The molecule has 0 aromatic rings. The summed E-state index contributed by atoms with van der Waals surface area (Å²) < 4.78 is 10.2. The molecule has 1 aliphatic rings. The molecule has 1 amide bonds. The van der Waals surface area contributed by atoms with Gasteiger partial charge in [0.25, 0.3) is 0 Å². The summed E-state index contributed by atoms with van der Waals surface area (Å²) in [6, 6.07) is 0. The zero-order valence-electron chi connectivity index (χ0n) is 7.12. The van der Waals surface area contributed by atoms with E-state index < -0.39 is 0 Å². The summed E-state index contributed by atoms with van der Waals surface area (Å²) in [5, 5.41) is 0. The van der Waals surface area contributed by atoms with Crippen LogP contribution in [0.2, 0.25) is 0 Å². The molecular weight excluding hydrogens is 273 g/mol. The molecule has 0 aromatic heterocycles. The van der Waals surface area contributed by atoms with Crippen LogP contribution in [0, 0.1) is 0 Å². The zero-order valence-corrected chi connectivity index (χ0v) is 9.28. The molecule has 0 radical (unpaired) electrons. The van der Waals surface area contributed by atoms with Gasteiger partial charge in [0, 0.05) is 13.7 Å². The second-order valence-corrected chi connectivity index (χ2v) is 4.19. The van der Waals surface area contributed by atoms with Gasteiger partial charge in [-0.2, -0.15) is 0 Å². The van der Waals surface area contributed by atoms with Crippen LogP contribution in [0.1, 0.15) is 6.42 Å². The zero-order chi connectivity index (χ0) is 9.14. The first-order chi connectivity index (χ1) is 5.70. The Kier molecular flexibility index (Phi) is 3.57. The molecule has 5 heteroatoms. The predicted molar refractivity (Wildman–Crippen MR) is 52.3 cm³/mol. The molecule has 2 unspecified atom stereocenters. The highest BCUT2D eigenvalue weighted by atomic mass is 127. The molecule has 0 aliphatic carbocycles. The van der Waals surface area contributed by atoms with Crippen LogP contribution in [0.5, 0.6) is 0 Å². The van der Waals surface area contributed by atoms with Gasteiger partial charge in [0.15, 0.2) is 0 Å². The molecule has 0 bridgehead atoms. The maximum atomic E-state index is 11.1. The van der Waals surface area contributed by atoms with E-state index in [0.717, 1.165) is 13.0 Å². The fourth-order valence-corrected chi connectivity index (χ4v) is 2.28. The van der Waals surface area contributed by atoms with Gasteiger partial charge in [-0.05, 0) is 6.42 Å². The van der Waals surface area contributed by atoms with Gasteiger partial charge in [0.05, 0.1) is 11.0 Å². The van der Waals surface area contributed by atoms with Crippen molar-refractivity contribution >= 4 is 28.7 Å². The number of hydrogen-bond acceptors (Lipinski definition) is 3. The Bertz CT molecular complexity index is 176. The Labute approximate surface area is 85.3 Å². The number of amides is 1. The summed E-state index contributed by atoms with van der Waals surface area (Å²) in [5.41, 5.74) is 0. The average Bonchev–Trinajstić information content (AvgIpc) is 2.45. The SMILES string of the molecule is COC(=O)N1CCC(I)C1OC. The number of carbonyl (C=O) groups excluding carboxylic acids is 1. The number of alkyl halides is 1. The van der Waals surface area contributed by atoms with Crippen LogP contribution >= 0.6 is 22.6 Å². The van der Waals surface area contributed by atoms with E-state index in [-0.39, 0.29) is 12.3 Å². The quantitative estimate of drug-likeness (QED) is 0.537. The third-order valence-electron chi connectivity index (χ3n) is 1.91. The Hall–Kier alpha value is -0.0400.